The fourth-order valence-corrected chi connectivity index (χ4v) is 1.72. The van der Waals surface area contributed by atoms with Gasteiger partial charge >= 0.3 is 5.97 Å². The SMILES string of the molecule is CCCn1ncnc1Cn1cc(CCC(=O)O)nn1. The molecule has 0 aromatic carbocycles. The summed E-state index contributed by atoms with van der Waals surface area (Å²) < 4.78 is 3.48. The van der Waals surface area contributed by atoms with Gasteiger partial charge in [0.25, 0.3) is 0 Å². The largest absolute Gasteiger partial charge is 0.481 e. The maximum absolute atomic E-state index is 10.5. The first kappa shape index (κ1) is 13.2. The van der Waals surface area contributed by atoms with Gasteiger partial charge in [0.2, 0.25) is 0 Å². The fraction of sp³-hybridized carbons (Fsp3) is 0.545. The van der Waals surface area contributed by atoms with Crippen LogP contribution in [0.25, 0.3) is 0 Å². The van der Waals surface area contributed by atoms with Gasteiger partial charge in [-0.1, -0.05) is 12.1 Å². The van der Waals surface area contributed by atoms with Crippen molar-refractivity contribution < 1.29 is 9.90 Å². The maximum Gasteiger partial charge on any atom is 0.303 e. The van der Waals surface area contributed by atoms with Crippen LogP contribution in [0.1, 0.15) is 31.3 Å². The van der Waals surface area contributed by atoms with E-state index in [1.54, 1.807) is 10.9 Å². The number of aryl methyl sites for hydroxylation is 2. The second-order valence-corrected chi connectivity index (χ2v) is 4.20. The summed E-state index contributed by atoms with van der Waals surface area (Å²) in [6.45, 7) is 3.38. The van der Waals surface area contributed by atoms with E-state index in [1.165, 1.54) is 6.33 Å². The van der Waals surface area contributed by atoms with E-state index in [9.17, 15) is 4.79 Å². The van der Waals surface area contributed by atoms with Gasteiger partial charge in [0.05, 0.1) is 12.1 Å². The second-order valence-electron chi connectivity index (χ2n) is 4.20. The van der Waals surface area contributed by atoms with Gasteiger partial charge in [-0.3, -0.25) is 4.79 Å². The molecular formula is C11H16N6O2. The number of carbonyl (C=O) groups is 1. The van der Waals surface area contributed by atoms with Crippen molar-refractivity contribution in [3.63, 3.8) is 0 Å². The van der Waals surface area contributed by atoms with Gasteiger partial charge in [0.15, 0.2) is 0 Å². The van der Waals surface area contributed by atoms with E-state index < -0.39 is 5.97 Å². The van der Waals surface area contributed by atoms with E-state index in [4.69, 9.17) is 5.11 Å². The Labute approximate surface area is 110 Å². The molecule has 2 aromatic heterocycles. The molecule has 2 heterocycles. The predicted molar refractivity (Wildman–Crippen MR) is 65.4 cm³/mol. The van der Waals surface area contributed by atoms with Gasteiger partial charge in [-0.05, 0) is 6.42 Å². The van der Waals surface area contributed by atoms with Crippen LogP contribution >= 0.6 is 0 Å². The Balaban J connectivity index is 1.99. The lowest BCUT2D eigenvalue weighted by Crippen LogP contribution is -2.10. The lowest BCUT2D eigenvalue weighted by molar-refractivity contribution is -0.136. The molecule has 0 aliphatic rings. The lowest BCUT2D eigenvalue weighted by Gasteiger charge is -2.03. The monoisotopic (exact) mass is 264 g/mol. The Morgan fingerprint density at radius 1 is 1.47 bits per heavy atom. The normalized spacial score (nSPS) is 10.8. The van der Waals surface area contributed by atoms with E-state index in [1.807, 2.05) is 4.68 Å². The summed E-state index contributed by atoms with van der Waals surface area (Å²) in [6, 6.07) is 0. The first-order chi connectivity index (χ1) is 9.19. The third-order valence-electron chi connectivity index (χ3n) is 2.62. The topological polar surface area (TPSA) is 98.7 Å². The van der Waals surface area contributed by atoms with E-state index in [0.29, 0.717) is 18.7 Å². The molecule has 0 bridgehead atoms. The Kier molecular flexibility index (Phi) is 4.22. The highest BCUT2D eigenvalue weighted by Gasteiger charge is 2.08. The van der Waals surface area contributed by atoms with Crippen molar-refractivity contribution in [3.05, 3.63) is 24.0 Å². The zero-order valence-electron chi connectivity index (χ0n) is 10.7. The molecular weight excluding hydrogens is 248 g/mol. The molecule has 8 heteroatoms. The second kappa shape index (κ2) is 6.07. The third kappa shape index (κ3) is 3.60. The molecule has 0 aliphatic heterocycles. The Morgan fingerprint density at radius 3 is 3.05 bits per heavy atom. The number of hydrogen-bond donors (Lipinski definition) is 1. The fourth-order valence-electron chi connectivity index (χ4n) is 1.72. The van der Waals surface area contributed by atoms with Crippen molar-refractivity contribution in [2.75, 3.05) is 0 Å². The average Bonchev–Trinajstić information content (AvgIpc) is 2.98. The van der Waals surface area contributed by atoms with Crippen LogP contribution in [0, 0.1) is 0 Å². The molecule has 0 saturated carbocycles. The Bertz CT molecular complexity index is 547. The highest BCUT2D eigenvalue weighted by Crippen LogP contribution is 2.02. The number of nitrogens with zero attached hydrogens (tertiary/aromatic N) is 6. The van der Waals surface area contributed by atoms with Crippen LogP contribution in [0.3, 0.4) is 0 Å². The predicted octanol–water partition coefficient (Wildman–Crippen LogP) is 0.345. The molecule has 8 nitrogen and oxygen atoms in total. The number of rotatable bonds is 7. The molecule has 0 atom stereocenters. The first-order valence-electron chi connectivity index (χ1n) is 6.16. The van der Waals surface area contributed by atoms with Crippen LogP contribution in [0.5, 0.6) is 0 Å². The van der Waals surface area contributed by atoms with Gasteiger partial charge in [-0.25, -0.2) is 14.3 Å². The zero-order valence-corrected chi connectivity index (χ0v) is 10.7. The van der Waals surface area contributed by atoms with Crippen molar-refractivity contribution in [2.24, 2.45) is 0 Å². The standard InChI is InChI=1S/C11H16N6O2/c1-2-5-17-10(12-8-13-17)7-16-6-9(14-15-16)3-4-11(18)19/h6,8H,2-5,7H2,1H3,(H,18,19). The Hall–Kier alpha value is -2.25. The highest BCUT2D eigenvalue weighted by molar-refractivity contribution is 5.66. The minimum Gasteiger partial charge on any atom is -0.481 e. The van der Waals surface area contributed by atoms with Crippen LogP contribution in [-0.2, 0) is 24.3 Å². The molecule has 0 saturated heterocycles. The maximum atomic E-state index is 10.5. The summed E-state index contributed by atoms with van der Waals surface area (Å²) in [5, 5.41) is 20.6. The average molecular weight is 264 g/mol. The molecule has 0 fully saturated rings. The molecule has 2 rings (SSSR count). The van der Waals surface area contributed by atoms with Crippen molar-refractivity contribution in [1.82, 2.24) is 29.8 Å². The van der Waals surface area contributed by atoms with Crippen molar-refractivity contribution in [1.29, 1.82) is 0 Å². The molecule has 0 unspecified atom stereocenters. The number of carboxylic acids is 1. The van der Waals surface area contributed by atoms with Gasteiger partial charge in [0, 0.05) is 19.2 Å². The van der Waals surface area contributed by atoms with E-state index in [-0.39, 0.29) is 6.42 Å². The first-order valence-corrected chi connectivity index (χ1v) is 6.16. The third-order valence-corrected chi connectivity index (χ3v) is 2.62. The van der Waals surface area contributed by atoms with Crippen LogP contribution < -0.4 is 0 Å². The summed E-state index contributed by atoms with van der Waals surface area (Å²) in [4.78, 5) is 14.7. The summed E-state index contributed by atoms with van der Waals surface area (Å²) in [5.41, 5.74) is 0.670. The smallest absolute Gasteiger partial charge is 0.303 e. The van der Waals surface area contributed by atoms with Crippen LogP contribution in [0.2, 0.25) is 0 Å². The van der Waals surface area contributed by atoms with Crippen molar-refractivity contribution >= 4 is 5.97 Å². The van der Waals surface area contributed by atoms with Gasteiger partial charge in [-0.15, -0.1) is 5.10 Å². The van der Waals surface area contributed by atoms with Crippen molar-refractivity contribution in [2.45, 2.75) is 39.3 Å². The van der Waals surface area contributed by atoms with Crippen molar-refractivity contribution in [3.8, 4) is 0 Å². The molecule has 19 heavy (non-hydrogen) atoms. The summed E-state index contributed by atoms with van der Waals surface area (Å²) in [6.07, 6.45) is 4.69. The number of hydrogen-bond acceptors (Lipinski definition) is 5. The quantitative estimate of drug-likeness (QED) is 0.774. The molecule has 0 aliphatic carbocycles. The minimum atomic E-state index is -0.836. The minimum absolute atomic E-state index is 0.0602. The molecule has 1 N–H and O–H groups in total. The number of aliphatic carboxylic acids is 1. The molecule has 102 valence electrons. The van der Waals surface area contributed by atoms with Crippen LogP contribution in [0.15, 0.2) is 12.5 Å². The number of aromatic nitrogens is 6. The molecule has 0 radical (unpaired) electrons. The van der Waals surface area contributed by atoms with Crippen LogP contribution in [0.4, 0.5) is 0 Å². The summed E-state index contributed by atoms with van der Waals surface area (Å²) >= 11 is 0. The Morgan fingerprint density at radius 2 is 2.32 bits per heavy atom. The summed E-state index contributed by atoms with van der Waals surface area (Å²) in [5.74, 6) is -0.0197. The van der Waals surface area contributed by atoms with Crippen LogP contribution in [-0.4, -0.2) is 40.8 Å². The molecule has 0 amide bonds. The van der Waals surface area contributed by atoms with E-state index in [0.717, 1.165) is 18.8 Å². The van der Waals surface area contributed by atoms with E-state index in [2.05, 4.69) is 27.3 Å². The van der Waals surface area contributed by atoms with Gasteiger partial charge in [-0.2, -0.15) is 5.10 Å². The van der Waals surface area contributed by atoms with Gasteiger partial charge < -0.3 is 5.11 Å². The molecule has 0 spiro atoms. The summed E-state index contributed by atoms with van der Waals surface area (Å²) in [7, 11) is 0. The lowest BCUT2D eigenvalue weighted by atomic mass is 10.2. The van der Waals surface area contributed by atoms with E-state index >= 15 is 0 Å². The zero-order chi connectivity index (χ0) is 13.7. The number of carboxylic acid groups (broad SMARTS) is 1. The van der Waals surface area contributed by atoms with Gasteiger partial charge in [0.1, 0.15) is 18.7 Å². The highest BCUT2D eigenvalue weighted by atomic mass is 16.4. The molecule has 2 aromatic rings.